The third kappa shape index (κ3) is 1.43. The Labute approximate surface area is 98.7 Å². The summed E-state index contributed by atoms with van der Waals surface area (Å²) in [6, 6.07) is 8.19. The molecular weight excluding hydrogens is 212 g/mol. The van der Waals surface area contributed by atoms with Gasteiger partial charge in [0.15, 0.2) is 5.78 Å². The van der Waals surface area contributed by atoms with Gasteiger partial charge in [0.05, 0.1) is 0 Å². The molecule has 2 heterocycles. The molecule has 0 spiro atoms. The Balaban J connectivity index is 2.47. The number of benzene rings is 1. The van der Waals surface area contributed by atoms with Crippen LogP contribution in [0.15, 0.2) is 36.7 Å². The van der Waals surface area contributed by atoms with Gasteiger partial charge in [0.2, 0.25) is 0 Å². The fraction of sp³-hybridized carbons (Fsp3) is 0.143. The van der Waals surface area contributed by atoms with Gasteiger partial charge in [0, 0.05) is 24.7 Å². The fourth-order valence-electron chi connectivity index (χ4n) is 2.13. The van der Waals surface area contributed by atoms with E-state index in [1.807, 2.05) is 22.7 Å². The first-order chi connectivity index (χ1) is 8.16. The topological polar surface area (TPSA) is 34.4 Å². The molecule has 84 valence electrons. The minimum absolute atomic E-state index is 0.00509. The highest BCUT2D eigenvalue weighted by Crippen LogP contribution is 2.22. The summed E-state index contributed by atoms with van der Waals surface area (Å²) in [5.74, 6) is -0.00509. The van der Waals surface area contributed by atoms with Crippen molar-refractivity contribution in [1.29, 1.82) is 0 Å². The molecule has 0 aliphatic carbocycles. The van der Waals surface area contributed by atoms with Gasteiger partial charge in [-0.2, -0.15) is 0 Å². The molecule has 0 saturated carbocycles. The van der Waals surface area contributed by atoms with Gasteiger partial charge in [-0.1, -0.05) is 18.2 Å². The number of Topliss-reactive ketones (excluding diaryl/α,β-unsaturated/α-hetero) is 1. The van der Waals surface area contributed by atoms with Gasteiger partial charge < -0.3 is 4.40 Å². The molecule has 17 heavy (non-hydrogen) atoms. The Morgan fingerprint density at radius 3 is 2.82 bits per heavy atom. The van der Waals surface area contributed by atoms with Gasteiger partial charge in [0.25, 0.3) is 0 Å². The molecule has 0 bridgehead atoms. The van der Waals surface area contributed by atoms with Crippen LogP contribution in [0.3, 0.4) is 0 Å². The van der Waals surface area contributed by atoms with Gasteiger partial charge in [-0.25, -0.2) is 4.98 Å². The summed E-state index contributed by atoms with van der Waals surface area (Å²) in [6.45, 7) is 3.61. The minimum Gasteiger partial charge on any atom is -0.306 e. The second-order valence-electron chi connectivity index (χ2n) is 4.27. The molecule has 3 heteroatoms. The standard InChI is InChI=1S/C14H12N2O/c1-9-4-3-5-12-11(9)6-7-16-8-13(10(2)17)15-14(12)16/h3-8H,1-2H3. The van der Waals surface area contributed by atoms with E-state index in [-0.39, 0.29) is 5.78 Å². The first-order valence-electron chi connectivity index (χ1n) is 5.55. The maximum Gasteiger partial charge on any atom is 0.179 e. The van der Waals surface area contributed by atoms with Crippen LogP contribution in [0, 0.1) is 6.92 Å². The van der Waals surface area contributed by atoms with E-state index in [0.717, 1.165) is 11.0 Å². The van der Waals surface area contributed by atoms with Crippen molar-refractivity contribution in [2.45, 2.75) is 13.8 Å². The number of ketones is 1. The molecule has 0 amide bonds. The molecule has 3 nitrogen and oxygen atoms in total. The summed E-state index contributed by atoms with van der Waals surface area (Å²) >= 11 is 0. The van der Waals surface area contributed by atoms with Crippen LogP contribution in [0.25, 0.3) is 16.4 Å². The molecule has 0 atom stereocenters. The molecule has 0 radical (unpaired) electrons. The Morgan fingerprint density at radius 1 is 1.24 bits per heavy atom. The van der Waals surface area contributed by atoms with Crippen LogP contribution in [0.2, 0.25) is 0 Å². The normalized spacial score (nSPS) is 11.2. The lowest BCUT2D eigenvalue weighted by molar-refractivity contribution is 0.101. The van der Waals surface area contributed by atoms with E-state index < -0.39 is 0 Å². The smallest absolute Gasteiger partial charge is 0.179 e. The number of hydrogen-bond acceptors (Lipinski definition) is 2. The van der Waals surface area contributed by atoms with Crippen molar-refractivity contribution in [3.8, 4) is 0 Å². The zero-order chi connectivity index (χ0) is 12.0. The molecule has 0 N–H and O–H groups in total. The summed E-state index contributed by atoms with van der Waals surface area (Å²) in [5.41, 5.74) is 2.58. The number of hydrogen-bond donors (Lipinski definition) is 0. The van der Waals surface area contributed by atoms with E-state index in [1.54, 1.807) is 6.20 Å². The summed E-state index contributed by atoms with van der Waals surface area (Å²) in [4.78, 5) is 15.7. The van der Waals surface area contributed by atoms with Gasteiger partial charge in [-0.15, -0.1) is 0 Å². The highest BCUT2D eigenvalue weighted by Gasteiger charge is 2.09. The van der Waals surface area contributed by atoms with E-state index in [4.69, 9.17) is 0 Å². The van der Waals surface area contributed by atoms with Crippen molar-refractivity contribution < 1.29 is 4.79 Å². The van der Waals surface area contributed by atoms with E-state index in [1.165, 1.54) is 17.9 Å². The summed E-state index contributed by atoms with van der Waals surface area (Å²) in [6.07, 6.45) is 3.73. The molecule has 2 aromatic heterocycles. The predicted octanol–water partition coefficient (Wildman–Crippen LogP) is 3.00. The molecule has 0 fully saturated rings. The van der Waals surface area contributed by atoms with Crippen LogP contribution in [0.4, 0.5) is 0 Å². The summed E-state index contributed by atoms with van der Waals surface area (Å²) < 4.78 is 1.90. The number of fused-ring (bicyclic) bond motifs is 3. The minimum atomic E-state index is -0.00509. The Morgan fingerprint density at radius 2 is 2.06 bits per heavy atom. The maximum atomic E-state index is 11.3. The van der Waals surface area contributed by atoms with Crippen LogP contribution in [-0.2, 0) is 0 Å². The lowest BCUT2D eigenvalue weighted by atomic mass is 10.1. The number of nitrogens with zero attached hydrogens (tertiary/aromatic N) is 2. The number of aryl methyl sites for hydroxylation is 1. The third-order valence-electron chi connectivity index (χ3n) is 3.06. The zero-order valence-electron chi connectivity index (χ0n) is 9.77. The number of carbonyl (C=O) groups is 1. The third-order valence-corrected chi connectivity index (χ3v) is 3.06. The number of imidazole rings is 1. The number of rotatable bonds is 1. The Hall–Kier alpha value is -2.16. The van der Waals surface area contributed by atoms with Gasteiger partial charge in [0.1, 0.15) is 11.3 Å². The zero-order valence-corrected chi connectivity index (χ0v) is 9.77. The molecule has 0 unspecified atom stereocenters. The van der Waals surface area contributed by atoms with Crippen LogP contribution in [-0.4, -0.2) is 15.2 Å². The largest absolute Gasteiger partial charge is 0.306 e. The van der Waals surface area contributed by atoms with Crippen molar-refractivity contribution in [2.24, 2.45) is 0 Å². The van der Waals surface area contributed by atoms with Crippen LogP contribution in [0.5, 0.6) is 0 Å². The van der Waals surface area contributed by atoms with Crippen molar-refractivity contribution in [3.63, 3.8) is 0 Å². The molecule has 3 aromatic rings. The fourth-order valence-corrected chi connectivity index (χ4v) is 2.13. The first kappa shape index (κ1) is 10.0. The molecule has 1 aromatic carbocycles. The average Bonchev–Trinajstić information content (AvgIpc) is 2.73. The van der Waals surface area contributed by atoms with Crippen molar-refractivity contribution in [3.05, 3.63) is 47.9 Å². The van der Waals surface area contributed by atoms with Gasteiger partial charge in [-0.3, -0.25) is 4.79 Å². The summed E-state index contributed by atoms with van der Waals surface area (Å²) in [7, 11) is 0. The maximum absolute atomic E-state index is 11.3. The van der Waals surface area contributed by atoms with Crippen LogP contribution >= 0.6 is 0 Å². The lowest BCUT2D eigenvalue weighted by Crippen LogP contribution is -1.90. The lowest BCUT2D eigenvalue weighted by Gasteiger charge is -2.02. The summed E-state index contributed by atoms with van der Waals surface area (Å²) in [5, 5.41) is 2.26. The van der Waals surface area contributed by atoms with Gasteiger partial charge >= 0.3 is 0 Å². The average molecular weight is 224 g/mol. The Kier molecular flexibility index (Phi) is 2.01. The highest BCUT2D eigenvalue weighted by atomic mass is 16.1. The quantitative estimate of drug-likeness (QED) is 0.595. The molecule has 0 saturated heterocycles. The van der Waals surface area contributed by atoms with E-state index in [9.17, 15) is 4.79 Å². The van der Waals surface area contributed by atoms with Gasteiger partial charge in [-0.05, 0) is 23.9 Å². The van der Waals surface area contributed by atoms with E-state index >= 15 is 0 Å². The van der Waals surface area contributed by atoms with E-state index in [2.05, 4.69) is 24.0 Å². The number of pyridine rings is 1. The second kappa shape index (κ2) is 3.42. The monoisotopic (exact) mass is 224 g/mol. The number of carbonyl (C=O) groups excluding carboxylic acids is 1. The van der Waals surface area contributed by atoms with E-state index in [0.29, 0.717) is 5.69 Å². The SMILES string of the molecule is CC(=O)c1cn2ccc3c(C)cccc3c2n1. The van der Waals surface area contributed by atoms with Crippen molar-refractivity contribution in [1.82, 2.24) is 9.38 Å². The molecule has 3 rings (SSSR count). The first-order valence-corrected chi connectivity index (χ1v) is 5.55. The van der Waals surface area contributed by atoms with Crippen molar-refractivity contribution >= 4 is 22.2 Å². The predicted molar refractivity (Wildman–Crippen MR) is 67.4 cm³/mol. The second-order valence-corrected chi connectivity index (χ2v) is 4.27. The molecular formula is C14H12N2O. The van der Waals surface area contributed by atoms with Crippen LogP contribution < -0.4 is 0 Å². The van der Waals surface area contributed by atoms with Crippen LogP contribution in [0.1, 0.15) is 23.0 Å². The highest BCUT2D eigenvalue weighted by molar-refractivity contribution is 5.98. The van der Waals surface area contributed by atoms with Crippen molar-refractivity contribution in [2.75, 3.05) is 0 Å². The molecule has 0 aliphatic rings. The molecule has 0 aliphatic heterocycles. The number of aromatic nitrogens is 2. The Bertz CT molecular complexity index is 740.